The van der Waals surface area contributed by atoms with Gasteiger partial charge in [-0.1, -0.05) is 18.2 Å². The number of hydrogen-bond acceptors (Lipinski definition) is 3. The summed E-state index contributed by atoms with van der Waals surface area (Å²) in [5.74, 6) is 0.127. The van der Waals surface area contributed by atoms with Crippen molar-refractivity contribution in [3.8, 4) is 0 Å². The lowest BCUT2D eigenvalue weighted by Crippen LogP contribution is -2.51. The van der Waals surface area contributed by atoms with E-state index in [1.165, 1.54) is 4.90 Å². The van der Waals surface area contributed by atoms with Crippen LogP contribution < -0.4 is 0 Å². The number of rotatable bonds is 2. The number of alkyl halides is 3. The molecule has 24 heavy (non-hydrogen) atoms. The Morgan fingerprint density at radius 1 is 1.29 bits per heavy atom. The number of fused-ring (bicyclic) bond motifs is 1. The van der Waals surface area contributed by atoms with Crippen molar-refractivity contribution < 1.29 is 27.5 Å². The van der Waals surface area contributed by atoms with Crippen molar-refractivity contribution in [1.82, 2.24) is 4.90 Å². The maximum Gasteiger partial charge on any atom is 0.396 e. The van der Waals surface area contributed by atoms with Crippen LogP contribution in [0.5, 0.6) is 0 Å². The second-order valence-electron chi connectivity index (χ2n) is 6.26. The Morgan fingerprint density at radius 3 is 2.50 bits per heavy atom. The molecule has 1 N–H and O–H groups in total. The van der Waals surface area contributed by atoms with Crippen LogP contribution in [0.1, 0.15) is 29.0 Å². The standard InChI is InChI=1S/C17H18F3NO3/c1-11-14(12-4-2-3-5-13(12)24-11)15(23)21-8-6-16(10-22,7-9-21)17(18,19)20/h2-5,22H,6-10H2,1H3. The van der Waals surface area contributed by atoms with E-state index in [9.17, 15) is 23.1 Å². The monoisotopic (exact) mass is 341 g/mol. The molecule has 2 aromatic rings. The summed E-state index contributed by atoms with van der Waals surface area (Å²) in [5, 5.41) is 9.89. The van der Waals surface area contributed by atoms with Crippen molar-refractivity contribution in [3.63, 3.8) is 0 Å². The minimum absolute atomic E-state index is 0.0438. The molecule has 0 spiro atoms. The van der Waals surface area contributed by atoms with Crippen LogP contribution in [0.25, 0.3) is 11.0 Å². The number of carbonyl (C=O) groups excluding carboxylic acids is 1. The summed E-state index contributed by atoms with van der Waals surface area (Å²) in [6.07, 6.45) is -5.07. The van der Waals surface area contributed by atoms with Crippen LogP contribution in [0, 0.1) is 12.3 Å². The number of likely N-dealkylation sites (tertiary alicyclic amines) is 1. The smallest absolute Gasteiger partial charge is 0.396 e. The van der Waals surface area contributed by atoms with Gasteiger partial charge in [-0.15, -0.1) is 0 Å². The summed E-state index contributed by atoms with van der Waals surface area (Å²) in [6.45, 7) is 0.632. The van der Waals surface area contributed by atoms with E-state index in [0.29, 0.717) is 22.3 Å². The fraction of sp³-hybridized carbons (Fsp3) is 0.471. The van der Waals surface area contributed by atoms with E-state index in [1.54, 1.807) is 31.2 Å². The van der Waals surface area contributed by atoms with Crippen molar-refractivity contribution in [2.75, 3.05) is 19.7 Å². The van der Waals surface area contributed by atoms with Crippen molar-refractivity contribution in [3.05, 3.63) is 35.6 Å². The van der Waals surface area contributed by atoms with Crippen LogP contribution in [0.2, 0.25) is 0 Å². The molecule has 4 nitrogen and oxygen atoms in total. The summed E-state index contributed by atoms with van der Waals surface area (Å²) in [7, 11) is 0. The highest BCUT2D eigenvalue weighted by Gasteiger charge is 2.55. The lowest BCUT2D eigenvalue weighted by atomic mass is 9.78. The molecule has 0 bridgehead atoms. The van der Waals surface area contributed by atoms with E-state index < -0.39 is 18.2 Å². The van der Waals surface area contributed by atoms with E-state index in [0.717, 1.165) is 0 Å². The largest absolute Gasteiger partial charge is 0.461 e. The summed E-state index contributed by atoms with van der Waals surface area (Å²) in [6, 6.07) is 7.08. The van der Waals surface area contributed by atoms with E-state index in [2.05, 4.69) is 0 Å². The Morgan fingerprint density at radius 2 is 1.92 bits per heavy atom. The van der Waals surface area contributed by atoms with Gasteiger partial charge in [-0.25, -0.2) is 0 Å². The van der Waals surface area contributed by atoms with Crippen LogP contribution in [0.15, 0.2) is 28.7 Å². The van der Waals surface area contributed by atoms with Gasteiger partial charge in [-0.3, -0.25) is 4.79 Å². The van der Waals surface area contributed by atoms with Gasteiger partial charge in [0.25, 0.3) is 5.91 Å². The van der Waals surface area contributed by atoms with Crippen LogP contribution in [-0.2, 0) is 0 Å². The molecule has 2 heterocycles. The third kappa shape index (κ3) is 2.56. The molecule has 1 aliphatic heterocycles. The Balaban J connectivity index is 1.84. The van der Waals surface area contributed by atoms with E-state index >= 15 is 0 Å². The van der Waals surface area contributed by atoms with E-state index in [1.807, 2.05) is 0 Å². The van der Waals surface area contributed by atoms with Gasteiger partial charge in [0.1, 0.15) is 11.3 Å². The van der Waals surface area contributed by atoms with Crippen molar-refractivity contribution in [1.29, 1.82) is 0 Å². The fourth-order valence-electron chi connectivity index (χ4n) is 3.26. The maximum atomic E-state index is 13.2. The molecule has 1 aliphatic rings. The maximum absolute atomic E-state index is 13.2. The zero-order valence-electron chi connectivity index (χ0n) is 13.2. The van der Waals surface area contributed by atoms with Crippen molar-refractivity contribution in [2.45, 2.75) is 25.9 Å². The average molecular weight is 341 g/mol. The number of hydrogen-bond donors (Lipinski definition) is 1. The van der Waals surface area contributed by atoms with E-state index in [4.69, 9.17) is 4.42 Å². The Hall–Kier alpha value is -2.02. The highest BCUT2D eigenvalue weighted by Crippen LogP contribution is 2.46. The number of benzene rings is 1. The molecule has 0 saturated carbocycles. The Kier molecular flexibility index (Phi) is 4.07. The Labute approximate surface area is 136 Å². The highest BCUT2D eigenvalue weighted by molar-refractivity contribution is 6.07. The number of nitrogens with zero attached hydrogens (tertiary/aromatic N) is 1. The van der Waals surface area contributed by atoms with Crippen LogP contribution in [-0.4, -0.2) is 41.8 Å². The van der Waals surface area contributed by atoms with Gasteiger partial charge in [0.2, 0.25) is 0 Å². The fourth-order valence-corrected chi connectivity index (χ4v) is 3.26. The van der Waals surface area contributed by atoms with Gasteiger partial charge in [-0.05, 0) is 25.8 Å². The number of aryl methyl sites for hydroxylation is 1. The minimum Gasteiger partial charge on any atom is -0.461 e. The minimum atomic E-state index is -4.48. The number of furan rings is 1. The van der Waals surface area contributed by atoms with Gasteiger partial charge in [0.05, 0.1) is 17.6 Å². The summed E-state index contributed by atoms with van der Waals surface area (Å²) in [5.41, 5.74) is -1.14. The van der Waals surface area contributed by atoms with Gasteiger partial charge in [0.15, 0.2) is 0 Å². The molecule has 0 aliphatic carbocycles. The second-order valence-corrected chi connectivity index (χ2v) is 6.26. The number of aliphatic hydroxyl groups is 1. The second kappa shape index (κ2) is 5.81. The zero-order valence-corrected chi connectivity index (χ0v) is 13.2. The molecule has 0 radical (unpaired) electrons. The first-order chi connectivity index (χ1) is 11.3. The molecule has 1 saturated heterocycles. The normalized spacial score (nSPS) is 18.1. The van der Waals surface area contributed by atoms with Gasteiger partial charge in [-0.2, -0.15) is 13.2 Å². The molecule has 0 atom stereocenters. The van der Waals surface area contributed by atoms with Crippen LogP contribution >= 0.6 is 0 Å². The topological polar surface area (TPSA) is 53.7 Å². The summed E-state index contributed by atoms with van der Waals surface area (Å²) in [4.78, 5) is 14.2. The number of aliphatic hydroxyl groups excluding tert-OH is 1. The predicted octanol–water partition coefficient (Wildman–Crippen LogP) is 3.52. The SMILES string of the molecule is Cc1oc2ccccc2c1C(=O)N1CCC(CO)(C(F)(F)F)CC1. The molecule has 7 heteroatoms. The predicted molar refractivity (Wildman–Crippen MR) is 81.7 cm³/mol. The van der Waals surface area contributed by atoms with Gasteiger partial charge >= 0.3 is 6.18 Å². The molecular weight excluding hydrogens is 323 g/mol. The third-order valence-corrected chi connectivity index (χ3v) is 4.90. The zero-order chi connectivity index (χ0) is 17.5. The van der Waals surface area contributed by atoms with Crippen LogP contribution in [0.3, 0.4) is 0 Å². The number of halogens is 3. The van der Waals surface area contributed by atoms with Gasteiger partial charge < -0.3 is 14.4 Å². The van der Waals surface area contributed by atoms with Crippen molar-refractivity contribution in [2.24, 2.45) is 5.41 Å². The number of amides is 1. The molecule has 3 rings (SSSR count). The first-order valence-electron chi connectivity index (χ1n) is 7.74. The molecule has 1 fully saturated rings. The molecule has 1 aromatic heterocycles. The molecular formula is C17H18F3NO3. The Bertz CT molecular complexity index is 758. The number of carbonyl (C=O) groups is 1. The number of piperidine rings is 1. The lowest BCUT2D eigenvalue weighted by Gasteiger charge is -2.41. The van der Waals surface area contributed by atoms with Crippen molar-refractivity contribution >= 4 is 16.9 Å². The summed E-state index contributed by atoms with van der Waals surface area (Å²) < 4.78 is 45.1. The lowest BCUT2D eigenvalue weighted by molar-refractivity contribution is -0.247. The molecule has 0 unspecified atom stereocenters. The van der Waals surface area contributed by atoms with Crippen LogP contribution in [0.4, 0.5) is 13.2 Å². The quantitative estimate of drug-likeness (QED) is 0.909. The van der Waals surface area contributed by atoms with Gasteiger partial charge in [0, 0.05) is 18.5 Å². The molecule has 130 valence electrons. The van der Waals surface area contributed by atoms with E-state index in [-0.39, 0.29) is 31.8 Å². The first-order valence-corrected chi connectivity index (χ1v) is 7.74. The number of para-hydroxylation sites is 1. The third-order valence-electron chi connectivity index (χ3n) is 4.90. The first kappa shape index (κ1) is 16.8. The molecule has 1 aromatic carbocycles. The highest BCUT2D eigenvalue weighted by atomic mass is 19.4. The summed E-state index contributed by atoms with van der Waals surface area (Å²) >= 11 is 0. The average Bonchev–Trinajstić information content (AvgIpc) is 2.89. The molecule has 1 amide bonds.